The molecule has 1 unspecified atom stereocenters. The summed E-state index contributed by atoms with van der Waals surface area (Å²) in [5, 5.41) is 16.1. The lowest BCUT2D eigenvalue weighted by molar-refractivity contribution is 0.272. The first-order chi connectivity index (χ1) is 7.20. The maximum absolute atomic E-state index is 8.95. The van der Waals surface area contributed by atoms with E-state index in [4.69, 9.17) is 5.11 Å². The summed E-state index contributed by atoms with van der Waals surface area (Å²) in [5.74, 6) is 0.531. The minimum Gasteiger partial charge on any atom is -0.390 e. The van der Waals surface area contributed by atoms with Gasteiger partial charge in [0.25, 0.3) is 0 Å². The van der Waals surface area contributed by atoms with E-state index in [-0.39, 0.29) is 6.61 Å². The van der Waals surface area contributed by atoms with Gasteiger partial charge in [-0.25, -0.2) is 0 Å². The summed E-state index contributed by atoms with van der Waals surface area (Å²) in [4.78, 5) is 2.47. The summed E-state index contributed by atoms with van der Waals surface area (Å²) in [5.41, 5.74) is 1.91. The van der Waals surface area contributed by atoms with Crippen LogP contribution in [0.3, 0.4) is 0 Å². The molecule has 1 saturated heterocycles. The summed E-state index contributed by atoms with van der Waals surface area (Å²) >= 11 is 0. The Morgan fingerprint density at radius 3 is 3.00 bits per heavy atom. The lowest BCUT2D eigenvalue weighted by Gasteiger charge is -2.19. The second-order valence-corrected chi connectivity index (χ2v) is 4.55. The van der Waals surface area contributed by atoms with E-state index in [0.29, 0.717) is 12.0 Å². The first-order valence-electron chi connectivity index (χ1n) is 5.59. The normalized spacial score (nSPS) is 22.8. The first kappa shape index (κ1) is 10.6. The monoisotopic (exact) mass is 209 g/mol. The van der Waals surface area contributed by atoms with Gasteiger partial charge in [-0.1, -0.05) is 0 Å². The summed E-state index contributed by atoms with van der Waals surface area (Å²) in [6.45, 7) is 6.75. The Kier molecular flexibility index (Phi) is 3.07. The standard InChI is InChI=1S/C11H19N3O/c1-8(2)14-4-3-9(6-14)11-5-10(7-15)12-13-11/h5,8-9,15H,3-4,6-7H2,1-2H3,(H,12,13). The van der Waals surface area contributed by atoms with E-state index in [1.165, 1.54) is 6.42 Å². The van der Waals surface area contributed by atoms with Crippen molar-refractivity contribution in [1.29, 1.82) is 0 Å². The van der Waals surface area contributed by atoms with Gasteiger partial charge in [-0.05, 0) is 32.9 Å². The largest absolute Gasteiger partial charge is 0.390 e. The Labute approximate surface area is 90.3 Å². The number of aliphatic hydroxyl groups is 1. The van der Waals surface area contributed by atoms with Crippen molar-refractivity contribution in [2.24, 2.45) is 0 Å². The van der Waals surface area contributed by atoms with Gasteiger partial charge in [0.15, 0.2) is 0 Å². The number of aromatic nitrogens is 2. The zero-order chi connectivity index (χ0) is 10.8. The molecular weight excluding hydrogens is 190 g/mol. The van der Waals surface area contributed by atoms with E-state index in [9.17, 15) is 0 Å². The highest BCUT2D eigenvalue weighted by Gasteiger charge is 2.26. The molecule has 0 spiro atoms. The Bertz CT molecular complexity index is 321. The number of nitrogens with zero attached hydrogens (tertiary/aromatic N) is 2. The molecule has 1 aromatic rings. The van der Waals surface area contributed by atoms with Crippen molar-refractivity contribution in [3.63, 3.8) is 0 Å². The molecule has 2 heterocycles. The Hall–Kier alpha value is -0.870. The lowest BCUT2D eigenvalue weighted by Crippen LogP contribution is -2.27. The molecule has 15 heavy (non-hydrogen) atoms. The second-order valence-electron chi connectivity index (χ2n) is 4.55. The molecule has 1 aliphatic heterocycles. The van der Waals surface area contributed by atoms with Crippen LogP contribution in [-0.2, 0) is 6.61 Å². The van der Waals surface area contributed by atoms with E-state index in [2.05, 4.69) is 28.9 Å². The summed E-state index contributed by atoms with van der Waals surface area (Å²) < 4.78 is 0. The van der Waals surface area contributed by atoms with E-state index in [1.807, 2.05) is 6.07 Å². The molecule has 2 rings (SSSR count). The number of nitrogens with one attached hydrogen (secondary N) is 1. The highest BCUT2D eigenvalue weighted by Crippen LogP contribution is 2.27. The third-order valence-electron chi connectivity index (χ3n) is 3.19. The van der Waals surface area contributed by atoms with Crippen molar-refractivity contribution >= 4 is 0 Å². The van der Waals surface area contributed by atoms with Crippen LogP contribution in [0.4, 0.5) is 0 Å². The fourth-order valence-corrected chi connectivity index (χ4v) is 2.17. The molecule has 0 radical (unpaired) electrons. The van der Waals surface area contributed by atoms with E-state index >= 15 is 0 Å². The Morgan fingerprint density at radius 2 is 2.47 bits per heavy atom. The minimum atomic E-state index is 0.0492. The van der Waals surface area contributed by atoms with Crippen LogP contribution in [-0.4, -0.2) is 39.3 Å². The van der Waals surface area contributed by atoms with Crippen LogP contribution in [0.1, 0.15) is 37.6 Å². The number of likely N-dealkylation sites (tertiary alicyclic amines) is 1. The third-order valence-corrected chi connectivity index (χ3v) is 3.19. The molecule has 2 N–H and O–H groups in total. The van der Waals surface area contributed by atoms with Crippen molar-refractivity contribution in [2.75, 3.05) is 13.1 Å². The van der Waals surface area contributed by atoms with Crippen LogP contribution in [0, 0.1) is 0 Å². The smallest absolute Gasteiger partial charge is 0.0847 e. The van der Waals surface area contributed by atoms with Crippen molar-refractivity contribution < 1.29 is 5.11 Å². The van der Waals surface area contributed by atoms with Gasteiger partial charge in [0.2, 0.25) is 0 Å². The molecule has 1 fully saturated rings. The van der Waals surface area contributed by atoms with Crippen molar-refractivity contribution in [3.05, 3.63) is 17.5 Å². The SMILES string of the molecule is CC(C)N1CCC(c2cc(CO)[nH]n2)C1. The molecule has 4 heteroatoms. The van der Waals surface area contributed by atoms with E-state index in [1.54, 1.807) is 0 Å². The number of H-pyrrole nitrogens is 1. The molecule has 84 valence electrons. The van der Waals surface area contributed by atoms with Gasteiger partial charge >= 0.3 is 0 Å². The summed E-state index contributed by atoms with van der Waals surface area (Å²) in [6.07, 6.45) is 1.17. The molecule has 1 aromatic heterocycles. The van der Waals surface area contributed by atoms with Crippen LogP contribution >= 0.6 is 0 Å². The van der Waals surface area contributed by atoms with Gasteiger partial charge in [0, 0.05) is 18.5 Å². The zero-order valence-electron chi connectivity index (χ0n) is 9.40. The molecule has 0 amide bonds. The molecule has 0 bridgehead atoms. The minimum absolute atomic E-state index is 0.0492. The maximum atomic E-state index is 8.95. The van der Waals surface area contributed by atoms with Gasteiger partial charge in [0.05, 0.1) is 18.0 Å². The van der Waals surface area contributed by atoms with Crippen LogP contribution in [0.2, 0.25) is 0 Å². The molecule has 0 aliphatic carbocycles. The Morgan fingerprint density at radius 1 is 1.67 bits per heavy atom. The third kappa shape index (κ3) is 2.21. The number of rotatable bonds is 3. The molecule has 4 nitrogen and oxygen atoms in total. The van der Waals surface area contributed by atoms with E-state index < -0.39 is 0 Å². The zero-order valence-corrected chi connectivity index (χ0v) is 9.40. The predicted octanol–water partition coefficient (Wildman–Crippen LogP) is 1.10. The first-order valence-corrected chi connectivity index (χ1v) is 5.59. The Balaban J connectivity index is 2.01. The molecule has 0 saturated carbocycles. The predicted molar refractivity (Wildman–Crippen MR) is 58.6 cm³/mol. The molecule has 0 aromatic carbocycles. The summed E-state index contributed by atoms with van der Waals surface area (Å²) in [7, 11) is 0. The number of aromatic amines is 1. The highest BCUT2D eigenvalue weighted by molar-refractivity contribution is 5.14. The molecule has 1 atom stereocenters. The second kappa shape index (κ2) is 4.33. The molecule has 1 aliphatic rings. The van der Waals surface area contributed by atoms with Gasteiger partial charge in [-0.2, -0.15) is 5.10 Å². The number of hydrogen-bond acceptors (Lipinski definition) is 3. The average Bonchev–Trinajstić information content (AvgIpc) is 2.86. The topological polar surface area (TPSA) is 52.1 Å². The van der Waals surface area contributed by atoms with Crippen molar-refractivity contribution in [3.8, 4) is 0 Å². The van der Waals surface area contributed by atoms with Gasteiger partial charge in [-0.15, -0.1) is 0 Å². The van der Waals surface area contributed by atoms with Crippen LogP contribution in [0.5, 0.6) is 0 Å². The number of hydrogen-bond donors (Lipinski definition) is 2. The van der Waals surface area contributed by atoms with E-state index in [0.717, 1.165) is 24.5 Å². The number of aliphatic hydroxyl groups excluding tert-OH is 1. The average molecular weight is 209 g/mol. The van der Waals surface area contributed by atoms with Crippen LogP contribution in [0.25, 0.3) is 0 Å². The fraction of sp³-hybridized carbons (Fsp3) is 0.727. The van der Waals surface area contributed by atoms with Gasteiger partial charge in [0.1, 0.15) is 0 Å². The fourth-order valence-electron chi connectivity index (χ4n) is 2.17. The van der Waals surface area contributed by atoms with Crippen LogP contribution < -0.4 is 0 Å². The maximum Gasteiger partial charge on any atom is 0.0847 e. The lowest BCUT2D eigenvalue weighted by atomic mass is 10.1. The van der Waals surface area contributed by atoms with Gasteiger partial charge in [-0.3, -0.25) is 5.10 Å². The van der Waals surface area contributed by atoms with Crippen molar-refractivity contribution in [2.45, 2.75) is 38.8 Å². The highest BCUT2D eigenvalue weighted by atomic mass is 16.3. The quantitative estimate of drug-likeness (QED) is 0.783. The van der Waals surface area contributed by atoms with Crippen LogP contribution in [0.15, 0.2) is 6.07 Å². The molecular formula is C11H19N3O. The van der Waals surface area contributed by atoms with Gasteiger partial charge < -0.3 is 10.0 Å². The summed E-state index contributed by atoms with van der Waals surface area (Å²) in [6, 6.07) is 2.60. The van der Waals surface area contributed by atoms with Crippen molar-refractivity contribution in [1.82, 2.24) is 15.1 Å².